The number of carbonyl (C=O) groups excluding carboxylic acids is 2. The molecular formula is C20H18F2N4O4. The summed E-state index contributed by atoms with van der Waals surface area (Å²) in [6.45, 7) is 5.95. The van der Waals surface area contributed by atoms with Gasteiger partial charge in [-0.25, -0.2) is 4.98 Å². The predicted molar refractivity (Wildman–Crippen MR) is 104 cm³/mol. The number of para-hydroxylation sites is 1. The van der Waals surface area contributed by atoms with Crippen molar-refractivity contribution < 1.29 is 27.8 Å². The van der Waals surface area contributed by atoms with Gasteiger partial charge < -0.3 is 24.6 Å². The highest BCUT2D eigenvalue weighted by molar-refractivity contribution is 6.06. The van der Waals surface area contributed by atoms with Crippen LogP contribution in [-0.4, -0.2) is 54.2 Å². The lowest BCUT2D eigenvalue weighted by atomic mass is 10.1. The first-order valence-electron chi connectivity index (χ1n) is 9.19. The topological polar surface area (TPSA) is 84.0 Å². The van der Waals surface area contributed by atoms with Gasteiger partial charge in [-0.1, -0.05) is 12.6 Å². The molecule has 2 amide bonds. The monoisotopic (exact) mass is 416 g/mol. The molecule has 30 heavy (non-hydrogen) atoms. The Bertz CT molecular complexity index is 989. The third-order valence-electron chi connectivity index (χ3n) is 4.79. The van der Waals surface area contributed by atoms with E-state index in [1.165, 1.54) is 24.3 Å². The maximum atomic E-state index is 13.3. The molecule has 2 aromatic rings. The van der Waals surface area contributed by atoms with Crippen molar-refractivity contribution in [2.45, 2.75) is 6.29 Å². The standard InChI is InChI=1S/C20H18F2N4O4/c1-2-17(27)26-10-8-25(9-11-26)13-6-7-16(23-12-13)24-19(28)14-4-3-5-15-18(14)30-20(21,22)29-15/h2-7,12H,1,8-11H2,(H,23,24,28). The number of anilines is 2. The zero-order chi connectivity index (χ0) is 21.3. The molecule has 1 N–H and O–H groups in total. The highest BCUT2D eigenvalue weighted by Gasteiger charge is 2.45. The molecule has 1 saturated heterocycles. The number of hydrogen-bond acceptors (Lipinski definition) is 6. The van der Waals surface area contributed by atoms with Crippen LogP contribution in [0.25, 0.3) is 0 Å². The number of piperazine rings is 1. The van der Waals surface area contributed by atoms with Crippen LogP contribution < -0.4 is 19.7 Å². The molecule has 4 rings (SSSR count). The molecule has 0 atom stereocenters. The molecule has 1 fully saturated rings. The van der Waals surface area contributed by atoms with Crippen molar-refractivity contribution in [1.82, 2.24) is 9.88 Å². The van der Waals surface area contributed by atoms with Crippen LogP contribution in [0, 0.1) is 0 Å². The van der Waals surface area contributed by atoms with Crippen LogP contribution in [0.3, 0.4) is 0 Å². The number of nitrogens with one attached hydrogen (secondary N) is 1. The van der Waals surface area contributed by atoms with Crippen LogP contribution in [0.5, 0.6) is 11.5 Å². The predicted octanol–water partition coefficient (Wildman–Crippen LogP) is 2.49. The normalized spacial score (nSPS) is 16.9. The summed E-state index contributed by atoms with van der Waals surface area (Å²) >= 11 is 0. The lowest BCUT2D eigenvalue weighted by Crippen LogP contribution is -2.48. The number of fused-ring (bicyclic) bond motifs is 1. The fourth-order valence-corrected chi connectivity index (χ4v) is 3.29. The third kappa shape index (κ3) is 3.88. The summed E-state index contributed by atoms with van der Waals surface area (Å²) in [5.41, 5.74) is 0.759. The van der Waals surface area contributed by atoms with Crippen molar-refractivity contribution in [3.8, 4) is 11.5 Å². The Balaban J connectivity index is 1.41. The Morgan fingerprint density at radius 1 is 1.13 bits per heavy atom. The number of carbonyl (C=O) groups is 2. The number of ether oxygens (including phenoxy) is 2. The summed E-state index contributed by atoms with van der Waals surface area (Å²) in [5, 5.41) is 2.56. The quantitative estimate of drug-likeness (QED) is 0.771. The van der Waals surface area contributed by atoms with E-state index in [1.54, 1.807) is 23.2 Å². The Morgan fingerprint density at radius 3 is 2.57 bits per heavy atom. The van der Waals surface area contributed by atoms with Crippen LogP contribution >= 0.6 is 0 Å². The molecule has 156 valence electrons. The Morgan fingerprint density at radius 2 is 1.90 bits per heavy atom. The fourth-order valence-electron chi connectivity index (χ4n) is 3.29. The second kappa shape index (κ2) is 7.62. The molecule has 2 aliphatic heterocycles. The van der Waals surface area contributed by atoms with Gasteiger partial charge in [0.2, 0.25) is 5.91 Å². The van der Waals surface area contributed by atoms with Gasteiger partial charge in [-0.2, -0.15) is 0 Å². The summed E-state index contributed by atoms with van der Waals surface area (Å²) in [5.74, 6) is -1.00. The third-order valence-corrected chi connectivity index (χ3v) is 4.79. The lowest BCUT2D eigenvalue weighted by molar-refractivity contribution is -0.286. The van der Waals surface area contributed by atoms with E-state index in [1.807, 2.05) is 0 Å². The smallest absolute Gasteiger partial charge is 0.395 e. The molecule has 3 heterocycles. The molecule has 0 bridgehead atoms. The first kappa shape index (κ1) is 19.6. The summed E-state index contributed by atoms with van der Waals surface area (Å²) in [6.07, 6.45) is -0.905. The van der Waals surface area contributed by atoms with Crippen molar-refractivity contribution in [3.63, 3.8) is 0 Å². The Kier molecular flexibility index (Phi) is 4.98. The summed E-state index contributed by atoms with van der Waals surface area (Å²) < 4.78 is 35.4. The number of nitrogens with zero attached hydrogens (tertiary/aromatic N) is 3. The van der Waals surface area contributed by atoms with Gasteiger partial charge in [-0.15, -0.1) is 8.78 Å². The van der Waals surface area contributed by atoms with Crippen molar-refractivity contribution in [2.75, 3.05) is 36.4 Å². The number of amides is 2. The Hall–Kier alpha value is -3.69. The zero-order valence-electron chi connectivity index (χ0n) is 15.8. The minimum Gasteiger partial charge on any atom is -0.395 e. The maximum absolute atomic E-state index is 13.3. The molecule has 1 aromatic carbocycles. The number of aromatic nitrogens is 1. The SMILES string of the molecule is C=CC(=O)N1CCN(c2ccc(NC(=O)c3cccc4c3OC(F)(F)O4)nc2)CC1. The van der Waals surface area contributed by atoms with E-state index in [9.17, 15) is 18.4 Å². The van der Waals surface area contributed by atoms with Gasteiger partial charge in [0.15, 0.2) is 11.5 Å². The van der Waals surface area contributed by atoms with Crippen LogP contribution in [0.4, 0.5) is 20.3 Å². The Labute approximate surface area is 170 Å². The zero-order valence-corrected chi connectivity index (χ0v) is 15.8. The summed E-state index contributed by atoms with van der Waals surface area (Å²) in [6, 6.07) is 7.48. The van der Waals surface area contributed by atoms with Gasteiger partial charge in [0.25, 0.3) is 5.91 Å². The number of alkyl halides is 2. The van der Waals surface area contributed by atoms with E-state index in [4.69, 9.17) is 0 Å². The average molecular weight is 416 g/mol. The molecule has 0 radical (unpaired) electrons. The number of hydrogen-bond donors (Lipinski definition) is 1. The molecular weight excluding hydrogens is 398 g/mol. The number of benzene rings is 1. The molecule has 0 spiro atoms. The van der Waals surface area contributed by atoms with Crippen molar-refractivity contribution in [2.24, 2.45) is 0 Å². The number of pyridine rings is 1. The fraction of sp³-hybridized carbons (Fsp3) is 0.250. The van der Waals surface area contributed by atoms with Crippen LogP contribution in [0.1, 0.15) is 10.4 Å². The van der Waals surface area contributed by atoms with Gasteiger partial charge in [0.1, 0.15) is 5.82 Å². The van der Waals surface area contributed by atoms with E-state index in [0.29, 0.717) is 26.2 Å². The van der Waals surface area contributed by atoms with E-state index in [0.717, 1.165) is 5.69 Å². The number of halogens is 2. The minimum atomic E-state index is -3.81. The van der Waals surface area contributed by atoms with Crippen LogP contribution in [-0.2, 0) is 4.79 Å². The largest absolute Gasteiger partial charge is 0.586 e. The average Bonchev–Trinajstić information content (AvgIpc) is 3.07. The highest BCUT2D eigenvalue weighted by Crippen LogP contribution is 2.43. The van der Waals surface area contributed by atoms with Gasteiger partial charge >= 0.3 is 6.29 Å². The second-order valence-electron chi connectivity index (χ2n) is 6.67. The highest BCUT2D eigenvalue weighted by atomic mass is 19.3. The second-order valence-corrected chi connectivity index (χ2v) is 6.67. The van der Waals surface area contributed by atoms with E-state index in [-0.39, 0.29) is 28.8 Å². The van der Waals surface area contributed by atoms with Gasteiger partial charge in [-0.3, -0.25) is 9.59 Å². The van der Waals surface area contributed by atoms with Crippen LogP contribution in [0.15, 0.2) is 49.2 Å². The van der Waals surface area contributed by atoms with E-state index >= 15 is 0 Å². The molecule has 8 nitrogen and oxygen atoms in total. The van der Waals surface area contributed by atoms with Crippen molar-refractivity contribution in [3.05, 3.63) is 54.7 Å². The minimum absolute atomic E-state index is 0.0847. The maximum Gasteiger partial charge on any atom is 0.586 e. The van der Waals surface area contributed by atoms with Gasteiger partial charge in [0, 0.05) is 26.2 Å². The first-order chi connectivity index (χ1) is 14.4. The van der Waals surface area contributed by atoms with Crippen LogP contribution in [0.2, 0.25) is 0 Å². The number of rotatable bonds is 4. The molecule has 0 saturated carbocycles. The van der Waals surface area contributed by atoms with Crippen molar-refractivity contribution >= 4 is 23.3 Å². The van der Waals surface area contributed by atoms with Gasteiger partial charge in [-0.05, 0) is 30.3 Å². The van der Waals surface area contributed by atoms with E-state index in [2.05, 4.69) is 31.3 Å². The lowest BCUT2D eigenvalue weighted by Gasteiger charge is -2.35. The molecule has 2 aliphatic rings. The molecule has 0 unspecified atom stereocenters. The summed E-state index contributed by atoms with van der Waals surface area (Å²) in [4.78, 5) is 32.2. The molecule has 10 heteroatoms. The van der Waals surface area contributed by atoms with Crippen molar-refractivity contribution in [1.29, 1.82) is 0 Å². The van der Waals surface area contributed by atoms with Gasteiger partial charge in [0.05, 0.1) is 17.4 Å². The first-order valence-corrected chi connectivity index (χ1v) is 9.19. The molecule has 0 aliphatic carbocycles. The molecule has 1 aromatic heterocycles. The summed E-state index contributed by atoms with van der Waals surface area (Å²) in [7, 11) is 0. The van der Waals surface area contributed by atoms with E-state index < -0.39 is 12.2 Å².